The third kappa shape index (κ3) is 7.57. The van der Waals surface area contributed by atoms with Gasteiger partial charge in [-0.2, -0.15) is 0 Å². The summed E-state index contributed by atoms with van der Waals surface area (Å²) < 4.78 is 47.4. The van der Waals surface area contributed by atoms with Crippen molar-refractivity contribution in [3.05, 3.63) is 90.2 Å². The van der Waals surface area contributed by atoms with Crippen LogP contribution in [0, 0.1) is 5.82 Å². The van der Waals surface area contributed by atoms with E-state index in [-0.39, 0.29) is 23.0 Å². The number of halogens is 1. The summed E-state index contributed by atoms with van der Waals surface area (Å²) in [6, 6.07) is 19.0. The number of nitrogens with zero attached hydrogens (tertiary/aromatic N) is 2. The summed E-state index contributed by atoms with van der Waals surface area (Å²) in [4.78, 5) is 28.3. The van der Waals surface area contributed by atoms with Gasteiger partial charge in [0.2, 0.25) is 11.8 Å². The van der Waals surface area contributed by atoms with E-state index >= 15 is 0 Å². The molecule has 3 rings (SSSR count). The first-order chi connectivity index (χ1) is 18.7. The summed E-state index contributed by atoms with van der Waals surface area (Å²) in [5.74, 6) is -0.957. The van der Waals surface area contributed by atoms with E-state index in [1.54, 1.807) is 6.92 Å². The smallest absolute Gasteiger partial charge is 0.264 e. The van der Waals surface area contributed by atoms with Crippen LogP contribution in [0.2, 0.25) is 0 Å². The molecule has 0 aromatic heterocycles. The zero-order chi connectivity index (χ0) is 28.4. The molecule has 0 saturated carbocycles. The Hall–Kier alpha value is -3.92. The SMILES string of the molecule is CCCNC(=O)[C@H](CC)N(Cc1ccccc1)C(=O)CN(c1ccc(F)cc1)S(=O)(=O)c1ccc(OC)cc1. The third-order valence-corrected chi connectivity index (χ3v) is 7.96. The first-order valence-corrected chi connectivity index (χ1v) is 14.2. The highest BCUT2D eigenvalue weighted by Crippen LogP contribution is 2.26. The van der Waals surface area contributed by atoms with Gasteiger partial charge >= 0.3 is 0 Å². The summed E-state index contributed by atoms with van der Waals surface area (Å²) in [6.07, 6.45) is 1.06. The summed E-state index contributed by atoms with van der Waals surface area (Å²) in [5.41, 5.74) is 0.905. The highest BCUT2D eigenvalue weighted by molar-refractivity contribution is 7.92. The first-order valence-electron chi connectivity index (χ1n) is 12.7. The van der Waals surface area contributed by atoms with Crippen LogP contribution in [0.1, 0.15) is 32.3 Å². The van der Waals surface area contributed by atoms with Gasteiger partial charge in [0.15, 0.2) is 0 Å². The molecule has 39 heavy (non-hydrogen) atoms. The maximum absolute atomic E-state index is 13.9. The van der Waals surface area contributed by atoms with Gasteiger partial charge < -0.3 is 15.0 Å². The second-order valence-corrected chi connectivity index (χ2v) is 10.7. The minimum absolute atomic E-state index is 0.0669. The maximum atomic E-state index is 13.9. The quantitative estimate of drug-likeness (QED) is 0.338. The van der Waals surface area contributed by atoms with E-state index < -0.39 is 34.3 Å². The molecular formula is C29H34FN3O5S. The third-order valence-electron chi connectivity index (χ3n) is 6.17. The number of hydrogen-bond donors (Lipinski definition) is 1. The molecule has 0 saturated heterocycles. The van der Waals surface area contributed by atoms with Crippen molar-refractivity contribution in [3.63, 3.8) is 0 Å². The van der Waals surface area contributed by atoms with Crippen LogP contribution in [-0.2, 0) is 26.2 Å². The van der Waals surface area contributed by atoms with Crippen LogP contribution < -0.4 is 14.4 Å². The number of carbonyl (C=O) groups is 2. The molecule has 0 fully saturated rings. The lowest BCUT2D eigenvalue weighted by atomic mass is 10.1. The molecule has 0 aliphatic carbocycles. The first kappa shape index (κ1) is 29.6. The lowest BCUT2D eigenvalue weighted by Crippen LogP contribution is -2.52. The maximum Gasteiger partial charge on any atom is 0.264 e. The molecule has 10 heteroatoms. The molecule has 208 valence electrons. The fraction of sp³-hybridized carbons (Fsp3) is 0.310. The number of ether oxygens (including phenoxy) is 1. The predicted octanol–water partition coefficient (Wildman–Crippen LogP) is 4.36. The zero-order valence-corrected chi connectivity index (χ0v) is 23.2. The van der Waals surface area contributed by atoms with Crippen molar-refractivity contribution in [2.45, 2.75) is 44.2 Å². The lowest BCUT2D eigenvalue weighted by Gasteiger charge is -2.33. The van der Waals surface area contributed by atoms with E-state index in [2.05, 4.69) is 5.32 Å². The van der Waals surface area contributed by atoms with E-state index in [0.717, 1.165) is 28.4 Å². The highest BCUT2D eigenvalue weighted by Gasteiger charge is 2.33. The van der Waals surface area contributed by atoms with E-state index in [4.69, 9.17) is 4.74 Å². The number of amides is 2. The summed E-state index contributed by atoms with van der Waals surface area (Å²) in [6.45, 7) is 3.70. The molecule has 1 N–H and O–H groups in total. The number of rotatable bonds is 13. The van der Waals surface area contributed by atoms with E-state index in [1.165, 1.54) is 48.4 Å². The normalized spacial score (nSPS) is 11.9. The van der Waals surface area contributed by atoms with Crippen LogP contribution in [0.3, 0.4) is 0 Å². The second-order valence-electron chi connectivity index (χ2n) is 8.89. The Morgan fingerprint density at radius 1 is 0.949 bits per heavy atom. The molecule has 2 amide bonds. The number of methoxy groups -OCH3 is 1. The van der Waals surface area contributed by atoms with Gasteiger partial charge in [0.05, 0.1) is 17.7 Å². The van der Waals surface area contributed by atoms with Gasteiger partial charge in [-0.15, -0.1) is 0 Å². The molecule has 0 spiro atoms. The van der Waals surface area contributed by atoms with Gasteiger partial charge in [0.1, 0.15) is 24.2 Å². The van der Waals surface area contributed by atoms with Crippen LogP contribution in [0.15, 0.2) is 83.8 Å². The van der Waals surface area contributed by atoms with Gasteiger partial charge in [-0.1, -0.05) is 44.2 Å². The average molecular weight is 556 g/mol. The Labute approximate surface area is 229 Å². The molecule has 0 radical (unpaired) electrons. The number of hydrogen-bond acceptors (Lipinski definition) is 5. The Morgan fingerprint density at radius 2 is 1.59 bits per heavy atom. The Balaban J connectivity index is 2.03. The minimum Gasteiger partial charge on any atom is -0.497 e. The minimum atomic E-state index is -4.25. The van der Waals surface area contributed by atoms with Crippen LogP contribution in [0.25, 0.3) is 0 Å². The topological polar surface area (TPSA) is 96.0 Å². The van der Waals surface area contributed by atoms with Crippen molar-refractivity contribution in [2.24, 2.45) is 0 Å². The molecule has 0 aliphatic rings. The number of sulfonamides is 1. The van der Waals surface area contributed by atoms with E-state index in [1.807, 2.05) is 37.3 Å². The Bertz CT molecular complexity index is 1330. The van der Waals surface area contributed by atoms with E-state index in [0.29, 0.717) is 18.7 Å². The molecule has 8 nitrogen and oxygen atoms in total. The molecule has 0 aliphatic heterocycles. The zero-order valence-electron chi connectivity index (χ0n) is 22.3. The molecular weight excluding hydrogens is 521 g/mol. The van der Waals surface area contributed by atoms with Crippen molar-refractivity contribution in [3.8, 4) is 5.75 Å². The summed E-state index contributed by atoms with van der Waals surface area (Å²) in [7, 11) is -2.79. The van der Waals surface area contributed by atoms with Crippen molar-refractivity contribution in [1.82, 2.24) is 10.2 Å². The summed E-state index contributed by atoms with van der Waals surface area (Å²) >= 11 is 0. The standard InChI is InChI=1S/C29H34FN3O5S/c1-4-19-31-29(35)27(5-2)32(20-22-9-7-6-8-10-22)28(34)21-33(24-13-11-23(30)12-14-24)39(36,37)26-17-15-25(38-3)16-18-26/h6-18,27H,4-5,19-21H2,1-3H3,(H,31,35)/t27-/m0/s1. The molecule has 0 heterocycles. The monoisotopic (exact) mass is 555 g/mol. The van der Waals surface area contributed by atoms with Gasteiger partial charge in [0.25, 0.3) is 10.0 Å². The number of benzene rings is 3. The Morgan fingerprint density at radius 3 is 2.15 bits per heavy atom. The van der Waals surface area contributed by atoms with Crippen molar-refractivity contribution in [2.75, 3.05) is 24.5 Å². The fourth-order valence-electron chi connectivity index (χ4n) is 4.08. The highest BCUT2D eigenvalue weighted by atomic mass is 32.2. The number of carbonyl (C=O) groups excluding carboxylic acids is 2. The second kappa shape index (κ2) is 13.7. The number of nitrogens with one attached hydrogen (secondary N) is 1. The molecule has 3 aromatic rings. The van der Waals surface area contributed by atoms with E-state index in [9.17, 15) is 22.4 Å². The van der Waals surface area contributed by atoms with Crippen molar-refractivity contribution < 1.29 is 27.1 Å². The van der Waals surface area contributed by atoms with Crippen LogP contribution in [-0.4, -0.2) is 51.4 Å². The molecule has 3 aromatic carbocycles. The van der Waals surface area contributed by atoms with Gasteiger partial charge in [-0.25, -0.2) is 12.8 Å². The Kier molecular flexibility index (Phi) is 10.4. The largest absolute Gasteiger partial charge is 0.497 e. The van der Waals surface area contributed by atoms with Crippen LogP contribution in [0.5, 0.6) is 5.75 Å². The average Bonchev–Trinajstić information content (AvgIpc) is 2.95. The number of anilines is 1. The van der Waals surface area contributed by atoms with Gasteiger partial charge in [-0.3, -0.25) is 13.9 Å². The fourth-order valence-corrected chi connectivity index (χ4v) is 5.49. The van der Waals surface area contributed by atoms with Gasteiger partial charge in [-0.05, 0) is 66.9 Å². The molecule has 0 bridgehead atoms. The van der Waals surface area contributed by atoms with Crippen molar-refractivity contribution >= 4 is 27.5 Å². The van der Waals surface area contributed by atoms with Crippen LogP contribution >= 0.6 is 0 Å². The van der Waals surface area contributed by atoms with Crippen molar-refractivity contribution in [1.29, 1.82) is 0 Å². The molecule has 0 unspecified atom stereocenters. The predicted molar refractivity (Wildman–Crippen MR) is 148 cm³/mol. The summed E-state index contributed by atoms with van der Waals surface area (Å²) in [5, 5.41) is 2.84. The lowest BCUT2D eigenvalue weighted by molar-refractivity contribution is -0.140. The van der Waals surface area contributed by atoms with Crippen LogP contribution in [0.4, 0.5) is 10.1 Å². The van der Waals surface area contributed by atoms with Gasteiger partial charge in [0, 0.05) is 13.1 Å². The molecule has 1 atom stereocenters.